The summed E-state index contributed by atoms with van der Waals surface area (Å²) in [7, 11) is 0. The molecule has 0 spiro atoms. The zero-order chi connectivity index (χ0) is 70.1. The maximum absolute atomic E-state index is 2.82. The van der Waals surface area contributed by atoms with Crippen molar-refractivity contribution >= 4 is 45.9 Å². The topological polar surface area (TPSA) is 6.48 Å². The molecule has 0 N–H and O–H groups in total. The molecule has 3 aliphatic rings. The van der Waals surface area contributed by atoms with Gasteiger partial charge in [0, 0.05) is 41.8 Å². The molecule has 0 radical (unpaired) electrons. The zero-order valence-electron chi connectivity index (χ0n) is 62.0. The van der Waals surface area contributed by atoms with Crippen molar-refractivity contribution in [2.24, 2.45) is 0 Å². The molecule has 0 unspecified atom stereocenters. The van der Waals surface area contributed by atoms with E-state index in [1.54, 1.807) is 0 Å². The van der Waals surface area contributed by atoms with Gasteiger partial charge in [0.25, 0.3) is 6.71 Å². The van der Waals surface area contributed by atoms with Crippen molar-refractivity contribution in [2.45, 2.75) is 169 Å². The van der Waals surface area contributed by atoms with Crippen LogP contribution >= 0.6 is 0 Å². The number of aryl methyl sites for hydroxylation is 1. The van der Waals surface area contributed by atoms with E-state index in [0.717, 1.165) is 19.3 Å². The number of rotatable bonds is 16. The number of benzene rings is 12. The maximum Gasteiger partial charge on any atom is 0.252 e. The quantitative estimate of drug-likeness (QED) is 0.0703. The lowest BCUT2D eigenvalue weighted by atomic mass is 9.33. The molecule has 1 aliphatic carbocycles. The predicted octanol–water partition coefficient (Wildman–Crippen LogP) is 24.5. The van der Waals surface area contributed by atoms with Gasteiger partial charge in [-0.25, -0.2) is 0 Å². The molecule has 3 heteroatoms. The van der Waals surface area contributed by atoms with Gasteiger partial charge in [0.15, 0.2) is 0 Å². The Balaban J connectivity index is 1.02. The third-order valence-corrected chi connectivity index (χ3v) is 22.3. The van der Waals surface area contributed by atoms with Gasteiger partial charge in [0.05, 0.1) is 0 Å². The summed E-state index contributed by atoms with van der Waals surface area (Å²) in [5.74, 6) is 0.183. The Bertz CT molecular complexity index is 4850. The highest BCUT2D eigenvalue weighted by atomic mass is 15.2. The van der Waals surface area contributed by atoms with Gasteiger partial charge in [0.1, 0.15) is 0 Å². The van der Waals surface area contributed by atoms with Gasteiger partial charge < -0.3 is 9.80 Å². The summed E-state index contributed by atoms with van der Waals surface area (Å²) in [4.78, 5) is 5.59. The summed E-state index contributed by atoms with van der Waals surface area (Å²) in [6.45, 7) is 31.9. The van der Waals surface area contributed by atoms with E-state index in [9.17, 15) is 0 Å². The van der Waals surface area contributed by atoms with Crippen LogP contribution in [0.25, 0.3) is 66.8 Å². The molecule has 2 heterocycles. The molecule has 15 rings (SSSR count). The standard InChI is InChI=1S/C98H99BN2/c1-14-15-16-22-33-65-54-92-94-93(55-65)101(64-87-81(70-40-29-20-30-41-70)61-76(98(11,12)13)62-82(87)71-42-31-21-32-43-71)91-53-66(52-83-77-48-46-73(95(2,3)4)57-84(77)85-58-74(96(5,6)7)47-49-78(83)85)44-50-88(91)99(94)89-56-72(67-34-23-17-24-35-67)45-51-90(89)100(92)63-86-79(68-36-25-18-26-37-68)59-75(97(8,9)10)60-80(86)69-38-27-19-28-39-69/h17-21,23-32,34-51,53-62,83H,14-16,22,33,52,63-64H2,1-13H3. The summed E-state index contributed by atoms with van der Waals surface area (Å²) in [5.41, 5.74) is 38.0. The summed E-state index contributed by atoms with van der Waals surface area (Å²) < 4.78 is 0. The van der Waals surface area contributed by atoms with Crippen molar-refractivity contribution in [3.8, 4) is 66.8 Å². The van der Waals surface area contributed by atoms with E-state index in [2.05, 4.69) is 361 Å². The molecule has 2 nitrogen and oxygen atoms in total. The van der Waals surface area contributed by atoms with Crippen LogP contribution in [0.5, 0.6) is 0 Å². The van der Waals surface area contributed by atoms with E-state index in [4.69, 9.17) is 0 Å². The van der Waals surface area contributed by atoms with Crippen molar-refractivity contribution in [3.63, 3.8) is 0 Å². The lowest BCUT2D eigenvalue weighted by Gasteiger charge is -2.45. The molecule has 0 saturated heterocycles. The van der Waals surface area contributed by atoms with Crippen molar-refractivity contribution in [1.29, 1.82) is 0 Å². The average Bonchev–Trinajstić information content (AvgIpc) is 1.20. The minimum Gasteiger partial charge on any atom is -0.338 e. The second kappa shape index (κ2) is 26.7. The largest absolute Gasteiger partial charge is 0.338 e. The van der Waals surface area contributed by atoms with Crippen LogP contribution in [-0.4, -0.2) is 6.71 Å². The lowest BCUT2D eigenvalue weighted by Crippen LogP contribution is -2.62. The second-order valence-corrected chi connectivity index (χ2v) is 33.4. The van der Waals surface area contributed by atoms with Gasteiger partial charge in [-0.15, -0.1) is 0 Å². The predicted molar refractivity (Wildman–Crippen MR) is 436 cm³/mol. The summed E-state index contributed by atoms with van der Waals surface area (Å²) in [6, 6.07) is 102. The van der Waals surface area contributed by atoms with Crippen LogP contribution in [0, 0.1) is 0 Å². The van der Waals surface area contributed by atoms with Crippen LogP contribution in [0.2, 0.25) is 0 Å². The van der Waals surface area contributed by atoms with Crippen LogP contribution in [0.3, 0.4) is 0 Å². The normalized spacial score (nSPS) is 13.4. The third-order valence-electron chi connectivity index (χ3n) is 22.3. The number of unbranched alkanes of at least 4 members (excludes halogenated alkanes) is 3. The molecule has 2 aliphatic heterocycles. The number of nitrogens with zero attached hydrogens (tertiary/aromatic N) is 2. The SMILES string of the molecule is CCCCCCc1cc2c3c(c1)N(Cc1c(-c4ccccc4)cc(C(C)(C)C)cc1-c1ccccc1)c1cc(CC4c5ccc(C(C)(C)C)cc5-c5cc(C(C)(C)C)ccc54)ccc1B3c1cc(-c3ccccc3)ccc1N2Cc1c(-c2ccccc2)cc(C(C)(C)C)cc1-c1ccccc1. The first-order valence-corrected chi connectivity index (χ1v) is 37.5. The monoisotopic (exact) mass is 1310 g/mol. The number of fused-ring (bicyclic) bond motifs is 7. The van der Waals surface area contributed by atoms with Crippen LogP contribution in [-0.2, 0) is 47.6 Å². The van der Waals surface area contributed by atoms with E-state index in [0.29, 0.717) is 13.1 Å². The molecule has 504 valence electrons. The Kier molecular flexibility index (Phi) is 17.7. The second-order valence-electron chi connectivity index (χ2n) is 33.4. The minimum absolute atomic E-state index is 0.0146. The van der Waals surface area contributed by atoms with E-state index >= 15 is 0 Å². The van der Waals surface area contributed by atoms with Gasteiger partial charge in [-0.2, -0.15) is 0 Å². The van der Waals surface area contributed by atoms with Crippen molar-refractivity contribution in [2.75, 3.05) is 9.80 Å². The highest BCUT2D eigenvalue weighted by molar-refractivity contribution is 7.00. The molecule has 0 atom stereocenters. The fourth-order valence-corrected chi connectivity index (χ4v) is 16.5. The maximum atomic E-state index is 2.82. The first-order chi connectivity index (χ1) is 48.6. The van der Waals surface area contributed by atoms with Gasteiger partial charge in [-0.05, 0) is 204 Å². The summed E-state index contributed by atoms with van der Waals surface area (Å²) >= 11 is 0. The molecule has 12 aromatic carbocycles. The number of hydrogen-bond donors (Lipinski definition) is 0. The Morgan fingerprint density at radius 1 is 0.307 bits per heavy atom. The van der Waals surface area contributed by atoms with Gasteiger partial charge in [-0.1, -0.05) is 346 Å². The molecule has 0 amide bonds. The van der Waals surface area contributed by atoms with Crippen molar-refractivity contribution < 1.29 is 0 Å². The van der Waals surface area contributed by atoms with Crippen LogP contribution in [0.4, 0.5) is 22.7 Å². The summed E-state index contributed by atoms with van der Waals surface area (Å²) in [6.07, 6.45) is 6.60. The van der Waals surface area contributed by atoms with E-state index in [1.165, 1.54) is 181 Å². The Labute approximate surface area is 604 Å². The fraction of sp³-hybridized carbons (Fsp3) is 0.265. The highest BCUT2D eigenvalue weighted by Crippen LogP contribution is 2.51. The van der Waals surface area contributed by atoms with Crippen LogP contribution in [0.1, 0.15) is 177 Å². The Hall–Kier alpha value is -9.70. The van der Waals surface area contributed by atoms with Crippen LogP contribution in [0.15, 0.2) is 261 Å². The Morgan fingerprint density at radius 2 is 0.703 bits per heavy atom. The van der Waals surface area contributed by atoms with E-state index in [1.807, 2.05) is 0 Å². The first-order valence-electron chi connectivity index (χ1n) is 37.5. The minimum atomic E-state index is -0.111. The average molecular weight is 1320 g/mol. The third kappa shape index (κ3) is 13.0. The number of anilines is 4. The van der Waals surface area contributed by atoms with E-state index in [-0.39, 0.29) is 34.3 Å². The van der Waals surface area contributed by atoms with Gasteiger partial charge in [0.2, 0.25) is 0 Å². The molecule has 0 saturated carbocycles. The van der Waals surface area contributed by atoms with Crippen molar-refractivity contribution in [1.82, 2.24) is 0 Å². The first kappa shape index (κ1) is 67.1. The molecule has 0 aromatic heterocycles. The fourth-order valence-electron chi connectivity index (χ4n) is 16.5. The van der Waals surface area contributed by atoms with Gasteiger partial charge in [-0.3, -0.25) is 0 Å². The van der Waals surface area contributed by atoms with Gasteiger partial charge >= 0.3 is 0 Å². The molecule has 12 aromatic rings. The molecule has 101 heavy (non-hydrogen) atoms. The molecular weight excluding hydrogens is 1220 g/mol. The summed E-state index contributed by atoms with van der Waals surface area (Å²) in [5, 5.41) is 0. The molecule has 0 fully saturated rings. The zero-order valence-corrected chi connectivity index (χ0v) is 62.0. The Morgan fingerprint density at radius 3 is 1.12 bits per heavy atom. The van der Waals surface area contributed by atoms with Crippen LogP contribution < -0.4 is 26.2 Å². The number of hydrogen-bond acceptors (Lipinski definition) is 2. The lowest BCUT2D eigenvalue weighted by molar-refractivity contribution is 0.589. The molecular formula is C98H99BN2. The van der Waals surface area contributed by atoms with E-state index < -0.39 is 0 Å². The highest BCUT2D eigenvalue weighted by Gasteiger charge is 2.45. The molecule has 0 bridgehead atoms. The smallest absolute Gasteiger partial charge is 0.252 e. The van der Waals surface area contributed by atoms with Crippen molar-refractivity contribution in [3.05, 3.63) is 316 Å².